The van der Waals surface area contributed by atoms with Crippen LogP contribution in [0.25, 0.3) is 0 Å². The summed E-state index contributed by atoms with van der Waals surface area (Å²) >= 11 is 0. The Balaban J connectivity index is 2.03. The molecule has 3 nitrogen and oxygen atoms in total. The molecule has 2 saturated heterocycles. The second-order valence-corrected chi connectivity index (χ2v) is 5.73. The normalized spacial score (nSPS) is 31.0. The smallest absolute Gasteiger partial charge is 0.400 e. The minimum atomic E-state index is -0.225. The lowest BCUT2D eigenvalue weighted by molar-refractivity contribution is 0.00578. The van der Waals surface area contributed by atoms with Gasteiger partial charge in [0.2, 0.25) is 0 Å². The summed E-state index contributed by atoms with van der Waals surface area (Å²) in [4.78, 5) is 0. The summed E-state index contributed by atoms with van der Waals surface area (Å²) in [5, 5.41) is 3.37. The van der Waals surface area contributed by atoms with E-state index in [1.807, 2.05) is 0 Å². The van der Waals surface area contributed by atoms with Crippen molar-refractivity contribution in [2.75, 3.05) is 13.1 Å². The Hall–Kier alpha value is -0.315. The second kappa shape index (κ2) is 4.17. The first-order valence-electron chi connectivity index (χ1n) is 6.17. The number of rotatable bonds is 1. The molecule has 2 aliphatic heterocycles. The number of nitrogens with one attached hydrogen (secondary N) is 1. The highest BCUT2D eigenvalue weighted by atomic mass is 16.7. The monoisotopic (exact) mass is 223 g/mol. The van der Waals surface area contributed by atoms with Crippen molar-refractivity contribution >= 4 is 7.12 Å². The molecule has 0 atom stereocenters. The van der Waals surface area contributed by atoms with Gasteiger partial charge in [-0.25, -0.2) is 0 Å². The summed E-state index contributed by atoms with van der Waals surface area (Å²) in [6.07, 6.45) is 2.38. The average Bonchev–Trinajstić information content (AvgIpc) is 2.36. The first-order chi connectivity index (χ1) is 7.41. The summed E-state index contributed by atoms with van der Waals surface area (Å²) in [6.45, 7) is 10.5. The zero-order valence-corrected chi connectivity index (χ0v) is 10.8. The number of piperidine rings is 1. The summed E-state index contributed by atoms with van der Waals surface area (Å²) < 4.78 is 11.9. The molecule has 2 aliphatic rings. The van der Waals surface area contributed by atoms with Gasteiger partial charge in [0.25, 0.3) is 0 Å². The second-order valence-electron chi connectivity index (χ2n) is 5.73. The van der Waals surface area contributed by atoms with E-state index in [-0.39, 0.29) is 18.3 Å². The SMILES string of the molecule is CC1(C)OB(C=C2CCCNC2)OC1(C)C. The van der Waals surface area contributed by atoms with Crippen LogP contribution in [0.1, 0.15) is 40.5 Å². The molecule has 0 saturated carbocycles. The van der Waals surface area contributed by atoms with Crippen molar-refractivity contribution in [2.45, 2.75) is 51.7 Å². The zero-order chi connectivity index (χ0) is 11.8. The topological polar surface area (TPSA) is 30.5 Å². The first-order valence-corrected chi connectivity index (χ1v) is 6.17. The van der Waals surface area contributed by atoms with Gasteiger partial charge in [0.1, 0.15) is 0 Å². The van der Waals surface area contributed by atoms with Gasteiger partial charge < -0.3 is 14.6 Å². The van der Waals surface area contributed by atoms with E-state index in [0.717, 1.165) is 19.5 Å². The molecule has 1 N–H and O–H groups in total. The van der Waals surface area contributed by atoms with E-state index >= 15 is 0 Å². The minimum Gasteiger partial charge on any atom is -0.400 e. The molecule has 2 fully saturated rings. The van der Waals surface area contributed by atoms with Gasteiger partial charge in [0.05, 0.1) is 11.2 Å². The van der Waals surface area contributed by atoms with Crippen molar-refractivity contribution in [3.05, 3.63) is 11.5 Å². The number of hydrogen-bond acceptors (Lipinski definition) is 3. The standard InChI is InChI=1S/C12H22BNO2/c1-11(2)12(3,4)16-13(15-11)8-10-6-5-7-14-9-10/h8,14H,5-7,9H2,1-4H3. The molecule has 0 radical (unpaired) electrons. The van der Waals surface area contributed by atoms with Gasteiger partial charge in [-0.3, -0.25) is 0 Å². The van der Waals surface area contributed by atoms with Crippen LogP contribution in [0.5, 0.6) is 0 Å². The van der Waals surface area contributed by atoms with Crippen LogP contribution in [0.3, 0.4) is 0 Å². The van der Waals surface area contributed by atoms with E-state index in [1.54, 1.807) is 0 Å². The van der Waals surface area contributed by atoms with Gasteiger partial charge in [-0.05, 0) is 47.1 Å². The Morgan fingerprint density at radius 2 is 1.81 bits per heavy atom. The lowest BCUT2D eigenvalue weighted by Crippen LogP contribution is -2.41. The minimum absolute atomic E-state index is 0.181. The fourth-order valence-corrected chi connectivity index (χ4v) is 2.07. The van der Waals surface area contributed by atoms with Crippen LogP contribution in [0.2, 0.25) is 0 Å². The van der Waals surface area contributed by atoms with E-state index in [9.17, 15) is 0 Å². The molecule has 2 heterocycles. The molecular formula is C12H22BNO2. The third-order valence-corrected chi connectivity index (χ3v) is 3.85. The Kier molecular flexibility index (Phi) is 3.17. The van der Waals surface area contributed by atoms with Gasteiger partial charge >= 0.3 is 7.12 Å². The van der Waals surface area contributed by atoms with E-state index < -0.39 is 0 Å². The predicted molar refractivity (Wildman–Crippen MR) is 66.3 cm³/mol. The quantitative estimate of drug-likeness (QED) is 0.689. The lowest BCUT2D eigenvalue weighted by Gasteiger charge is -2.32. The molecule has 0 aromatic heterocycles. The Bertz CT molecular complexity index is 275. The van der Waals surface area contributed by atoms with Gasteiger partial charge in [0.15, 0.2) is 0 Å². The van der Waals surface area contributed by atoms with Crippen LogP contribution >= 0.6 is 0 Å². The number of hydrogen-bond donors (Lipinski definition) is 1. The highest BCUT2D eigenvalue weighted by molar-refractivity contribution is 6.51. The van der Waals surface area contributed by atoms with Crippen molar-refractivity contribution in [3.8, 4) is 0 Å². The van der Waals surface area contributed by atoms with Gasteiger partial charge in [-0.15, -0.1) is 0 Å². The molecule has 0 aliphatic carbocycles. The summed E-state index contributed by atoms with van der Waals surface area (Å²) in [5.74, 6) is 2.14. The van der Waals surface area contributed by atoms with Crippen molar-refractivity contribution in [3.63, 3.8) is 0 Å². The Morgan fingerprint density at radius 1 is 1.19 bits per heavy atom. The molecule has 0 aromatic rings. The van der Waals surface area contributed by atoms with E-state index in [0.29, 0.717) is 0 Å². The third-order valence-electron chi connectivity index (χ3n) is 3.85. The van der Waals surface area contributed by atoms with Crippen LogP contribution in [0, 0.1) is 0 Å². The highest BCUT2D eigenvalue weighted by Gasteiger charge is 2.50. The molecule has 90 valence electrons. The average molecular weight is 223 g/mol. The molecule has 0 unspecified atom stereocenters. The molecule has 16 heavy (non-hydrogen) atoms. The highest BCUT2D eigenvalue weighted by Crippen LogP contribution is 2.37. The van der Waals surface area contributed by atoms with Gasteiger partial charge in [-0.1, -0.05) is 11.5 Å². The van der Waals surface area contributed by atoms with Crippen molar-refractivity contribution < 1.29 is 9.31 Å². The Morgan fingerprint density at radius 3 is 2.31 bits per heavy atom. The van der Waals surface area contributed by atoms with Crippen LogP contribution < -0.4 is 5.32 Å². The lowest BCUT2D eigenvalue weighted by atomic mass is 9.85. The van der Waals surface area contributed by atoms with Crippen molar-refractivity contribution in [1.82, 2.24) is 5.32 Å². The molecule has 0 bridgehead atoms. The van der Waals surface area contributed by atoms with Gasteiger partial charge in [-0.2, -0.15) is 0 Å². The van der Waals surface area contributed by atoms with Crippen LogP contribution in [0.15, 0.2) is 11.5 Å². The van der Waals surface area contributed by atoms with E-state index in [1.165, 1.54) is 12.0 Å². The van der Waals surface area contributed by atoms with Crippen LogP contribution in [-0.4, -0.2) is 31.4 Å². The molecule has 2 rings (SSSR count). The fraction of sp³-hybridized carbons (Fsp3) is 0.833. The van der Waals surface area contributed by atoms with Crippen LogP contribution in [0.4, 0.5) is 0 Å². The molecule has 0 aromatic carbocycles. The maximum Gasteiger partial charge on any atom is 0.487 e. The van der Waals surface area contributed by atoms with Crippen LogP contribution in [-0.2, 0) is 9.31 Å². The summed E-state index contributed by atoms with van der Waals surface area (Å²) in [7, 11) is -0.181. The maximum atomic E-state index is 5.94. The largest absolute Gasteiger partial charge is 0.487 e. The van der Waals surface area contributed by atoms with Crippen molar-refractivity contribution in [1.29, 1.82) is 0 Å². The van der Waals surface area contributed by atoms with Crippen molar-refractivity contribution in [2.24, 2.45) is 0 Å². The molecular weight excluding hydrogens is 201 g/mol. The first kappa shape index (κ1) is 12.2. The van der Waals surface area contributed by atoms with E-state index in [2.05, 4.69) is 39.0 Å². The van der Waals surface area contributed by atoms with E-state index in [4.69, 9.17) is 9.31 Å². The fourth-order valence-electron chi connectivity index (χ4n) is 2.07. The van der Waals surface area contributed by atoms with Gasteiger partial charge in [0, 0.05) is 6.54 Å². The molecule has 0 amide bonds. The Labute approximate surface area is 98.7 Å². The molecule has 4 heteroatoms. The maximum absolute atomic E-state index is 5.94. The third kappa shape index (κ3) is 2.34. The predicted octanol–water partition coefficient (Wildman–Crippen LogP) is 1.93. The molecule has 0 spiro atoms. The summed E-state index contributed by atoms with van der Waals surface area (Å²) in [5.41, 5.74) is 0.956. The summed E-state index contributed by atoms with van der Waals surface area (Å²) in [6, 6.07) is 0. The zero-order valence-electron chi connectivity index (χ0n) is 10.8.